The molecule has 0 fully saturated rings. The van der Waals surface area contributed by atoms with Crippen LogP contribution in [-0.2, 0) is 26.8 Å². The van der Waals surface area contributed by atoms with Gasteiger partial charge in [-0.1, -0.05) is 48.5 Å². The lowest BCUT2D eigenvalue weighted by Crippen LogP contribution is -2.28. The van der Waals surface area contributed by atoms with Gasteiger partial charge < -0.3 is 9.88 Å². The van der Waals surface area contributed by atoms with Gasteiger partial charge in [-0.2, -0.15) is 0 Å². The molecule has 0 bridgehead atoms. The third kappa shape index (κ3) is 5.64. The van der Waals surface area contributed by atoms with Crippen LogP contribution in [0, 0.1) is 0 Å². The number of rotatable bonds is 8. The number of likely N-dealkylation sites (N-methyl/N-ethyl adjacent to an activating group) is 1. The molecule has 7 aromatic rings. The van der Waals surface area contributed by atoms with Crippen LogP contribution in [0.15, 0.2) is 133 Å². The zero-order chi connectivity index (χ0) is 31.7. The number of anilines is 1. The van der Waals surface area contributed by atoms with E-state index in [0.717, 1.165) is 50.1 Å². The van der Waals surface area contributed by atoms with Crippen molar-refractivity contribution < 1.29 is 13.2 Å². The Bertz CT molecular complexity index is 2290. The van der Waals surface area contributed by atoms with Crippen molar-refractivity contribution in [2.24, 2.45) is 0 Å². The molecule has 4 heterocycles. The molecule has 0 radical (unpaired) electrons. The summed E-state index contributed by atoms with van der Waals surface area (Å²) in [6.07, 6.45) is 5.47. The number of benzene rings is 3. The van der Waals surface area contributed by atoms with E-state index in [1.807, 2.05) is 85.1 Å². The molecule has 226 valence electrons. The Morgan fingerprint density at radius 3 is 2.26 bits per heavy atom. The largest absolute Gasteiger partial charge is 0.339 e. The molecule has 0 aliphatic heterocycles. The number of fused-ring (bicyclic) bond motifs is 3. The molecule has 1 amide bonds. The first-order chi connectivity index (χ1) is 22.4. The highest BCUT2D eigenvalue weighted by Crippen LogP contribution is 2.40. The SMILES string of the molecule is CN(C(=O)Cc1ccccn1)c1ccc(-c2cnc3[nH]c4ccc(CS(=O)(=O)c5ccccc5)cc4c3c2-c2ccccn2)cc1. The highest BCUT2D eigenvalue weighted by atomic mass is 32.2. The van der Waals surface area contributed by atoms with Gasteiger partial charge >= 0.3 is 0 Å². The molecular weight excluding hydrogens is 595 g/mol. The zero-order valence-electron chi connectivity index (χ0n) is 25.0. The normalized spacial score (nSPS) is 11.6. The van der Waals surface area contributed by atoms with E-state index < -0.39 is 9.84 Å². The smallest absolute Gasteiger partial charge is 0.232 e. The van der Waals surface area contributed by atoms with Crippen LogP contribution in [0.2, 0.25) is 0 Å². The minimum absolute atomic E-state index is 0.0624. The fraction of sp³-hybridized carbons (Fsp3) is 0.0811. The van der Waals surface area contributed by atoms with E-state index in [-0.39, 0.29) is 18.1 Å². The summed E-state index contributed by atoms with van der Waals surface area (Å²) >= 11 is 0. The van der Waals surface area contributed by atoms with Crippen LogP contribution >= 0.6 is 0 Å². The lowest BCUT2D eigenvalue weighted by molar-refractivity contribution is -0.117. The number of pyridine rings is 3. The second-order valence-corrected chi connectivity index (χ2v) is 13.0. The Hall–Kier alpha value is -5.67. The Labute approximate surface area is 266 Å². The van der Waals surface area contributed by atoms with E-state index in [1.165, 1.54) is 0 Å². The lowest BCUT2D eigenvalue weighted by atomic mass is 9.95. The number of aromatic nitrogens is 4. The Morgan fingerprint density at radius 1 is 0.804 bits per heavy atom. The lowest BCUT2D eigenvalue weighted by Gasteiger charge is -2.18. The monoisotopic (exact) mass is 623 g/mol. The topological polar surface area (TPSA) is 109 Å². The minimum atomic E-state index is -3.54. The summed E-state index contributed by atoms with van der Waals surface area (Å²) in [5.41, 5.74) is 7.10. The number of H-pyrrole nitrogens is 1. The molecule has 0 unspecified atom stereocenters. The fourth-order valence-corrected chi connectivity index (χ4v) is 7.06. The maximum Gasteiger partial charge on any atom is 0.232 e. The maximum atomic E-state index is 13.2. The summed E-state index contributed by atoms with van der Waals surface area (Å²) < 4.78 is 26.4. The molecule has 4 aromatic heterocycles. The summed E-state index contributed by atoms with van der Waals surface area (Å²) in [5, 5.41) is 1.72. The third-order valence-corrected chi connectivity index (χ3v) is 9.77. The predicted octanol–water partition coefficient (Wildman–Crippen LogP) is 7.02. The van der Waals surface area contributed by atoms with Crippen LogP contribution in [0.3, 0.4) is 0 Å². The summed E-state index contributed by atoms with van der Waals surface area (Å²) in [4.78, 5) is 32.1. The quantitative estimate of drug-likeness (QED) is 0.195. The molecule has 8 nitrogen and oxygen atoms in total. The fourth-order valence-electron chi connectivity index (χ4n) is 5.70. The van der Waals surface area contributed by atoms with Crippen molar-refractivity contribution in [3.05, 3.63) is 139 Å². The van der Waals surface area contributed by atoms with Gasteiger partial charge in [0, 0.05) is 64.4 Å². The number of amides is 1. The number of sulfone groups is 1. The number of nitrogens with one attached hydrogen (secondary N) is 1. The van der Waals surface area contributed by atoms with E-state index >= 15 is 0 Å². The number of hydrogen-bond acceptors (Lipinski definition) is 6. The van der Waals surface area contributed by atoms with Gasteiger partial charge in [-0.3, -0.25) is 14.8 Å². The molecule has 1 N–H and O–H groups in total. The van der Waals surface area contributed by atoms with Gasteiger partial charge in [-0.25, -0.2) is 13.4 Å². The van der Waals surface area contributed by atoms with Crippen molar-refractivity contribution in [3.63, 3.8) is 0 Å². The Balaban J connectivity index is 1.30. The van der Waals surface area contributed by atoms with Gasteiger partial charge in [0.2, 0.25) is 5.91 Å². The van der Waals surface area contributed by atoms with Crippen LogP contribution in [0.4, 0.5) is 5.69 Å². The minimum Gasteiger partial charge on any atom is -0.339 e. The summed E-state index contributed by atoms with van der Waals surface area (Å²) in [7, 11) is -1.78. The van der Waals surface area contributed by atoms with Gasteiger partial charge in [0.1, 0.15) is 5.65 Å². The standard InChI is InChI=1S/C37H29N5O3S/c1-42(34(43)22-27-9-5-7-19-38-27)28-16-14-26(15-17-28)31-23-40-37-36(35(31)33-12-6-8-20-39-33)30-21-25(13-18-32(30)41-37)24-46(44,45)29-10-3-2-4-11-29/h2-21,23H,22,24H2,1H3,(H,40,41). The van der Waals surface area contributed by atoms with Crippen LogP contribution in [0.25, 0.3) is 44.3 Å². The van der Waals surface area contributed by atoms with Gasteiger partial charge in [0.05, 0.1) is 22.8 Å². The van der Waals surface area contributed by atoms with E-state index in [2.05, 4.69) is 9.97 Å². The zero-order valence-corrected chi connectivity index (χ0v) is 25.8. The first kappa shape index (κ1) is 29.1. The number of aromatic amines is 1. The van der Waals surface area contributed by atoms with Gasteiger partial charge in [-0.05, 0) is 71.8 Å². The molecule has 9 heteroatoms. The van der Waals surface area contributed by atoms with E-state index in [9.17, 15) is 13.2 Å². The molecule has 0 spiro atoms. The molecule has 7 rings (SSSR count). The summed E-state index contributed by atoms with van der Waals surface area (Å²) in [6, 6.07) is 33.3. The summed E-state index contributed by atoms with van der Waals surface area (Å²) in [6.45, 7) is 0. The molecule has 0 saturated heterocycles. The van der Waals surface area contributed by atoms with Crippen molar-refractivity contribution in [2.45, 2.75) is 17.1 Å². The van der Waals surface area contributed by atoms with Crippen molar-refractivity contribution in [1.82, 2.24) is 19.9 Å². The first-order valence-corrected chi connectivity index (χ1v) is 16.4. The Morgan fingerprint density at radius 2 is 1.54 bits per heavy atom. The second kappa shape index (κ2) is 12.0. The van der Waals surface area contributed by atoms with Gasteiger partial charge in [-0.15, -0.1) is 0 Å². The molecular formula is C37H29N5O3S. The molecule has 3 aromatic carbocycles. The molecule has 0 aliphatic rings. The number of nitrogens with zero attached hydrogens (tertiary/aromatic N) is 4. The molecule has 0 saturated carbocycles. The van der Waals surface area contributed by atoms with Crippen molar-refractivity contribution in [1.29, 1.82) is 0 Å². The van der Waals surface area contributed by atoms with Crippen LogP contribution in [0.1, 0.15) is 11.3 Å². The van der Waals surface area contributed by atoms with Crippen molar-refractivity contribution >= 4 is 43.4 Å². The van der Waals surface area contributed by atoms with Crippen LogP contribution in [-0.4, -0.2) is 41.3 Å². The van der Waals surface area contributed by atoms with Crippen molar-refractivity contribution in [3.8, 4) is 22.4 Å². The average molecular weight is 624 g/mol. The second-order valence-electron chi connectivity index (χ2n) is 11.1. The number of carbonyl (C=O) groups is 1. The molecule has 46 heavy (non-hydrogen) atoms. The van der Waals surface area contributed by atoms with Crippen molar-refractivity contribution in [2.75, 3.05) is 11.9 Å². The third-order valence-electron chi connectivity index (χ3n) is 8.06. The number of carbonyl (C=O) groups excluding carboxylic acids is 1. The first-order valence-electron chi connectivity index (χ1n) is 14.8. The van der Waals surface area contributed by atoms with Gasteiger partial charge in [0.15, 0.2) is 9.84 Å². The van der Waals surface area contributed by atoms with E-state index in [0.29, 0.717) is 16.1 Å². The summed E-state index contributed by atoms with van der Waals surface area (Å²) in [5.74, 6) is -0.188. The Kier molecular flexibility index (Phi) is 7.60. The predicted molar refractivity (Wildman–Crippen MR) is 181 cm³/mol. The maximum absolute atomic E-state index is 13.2. The highest BCUT2D eigenvalue weighted by molar-refractivity contribution is 7.90. The average Bonchev–Trinajstić information content (AvgIpc) is 3.46. The molecule has 0 atom stereocenters. The van der Waals surface area contributed by atoms with Crippen LogP contribution < -0.4 is 4.90 Å². The molecule has 0 aliphatic carbocycles. The van der Waals surface area contributed by atoms with E-state index in [1.54, 1.807) is 54.7 Å². The van der Waals surface area contributed by atoms with Crippen LogP contribution in [0.5, 0.6) is 0 Å². The highest BCUT2D eigenvalue weighted by Gasteiger charge is 2.21. The number of hydrogen-bond donors (Lipinski definition) is 1. The van der Waals surface area contributed by atoms with E-state index in [4.69, 9.17) is 9.97 Å². The van der Waals surface area contributed by atoms with Gasteiger partial charge in [0.25, 0.3) is 0 Å².